The van der Waals surface area contributed by atoms with Crippen LogP contribution in [-0.4, -0.2) is 55.6 Å². The Morgan fingerprint density at radius 2 is 1.96 bits per heavy atom. The molecule has 0 bridgehead atoms. The molecule has 1 saturated heterocycles. The number of morpholine rings is 1. The molecular weight excluding hydrogens is 334 g/mol. The highest BCUT2D eigenvalue weighted by Crippen LogP contribution is 2.21. The number of hydrogen-bond donors (Lipinski definition) is 2. The average Bonchev–Trinajstić information content (AvgIpc) is 2.66. The van der Waals surface area contributed by atoms with Crippen LogP contribution in [0.2, 0.25) is 0 Å². The van der Waals surface area contributed by atoms with E-state index in [4.69, 9.17) is 4.74 Å². The molecule has 25 heavy (non-hydrogen) atoms. The van der Waals surface area contributed by atoms with Gasteiger partial charge in [-0.05, 0) is 44.2 Å². The second-order valence-electron chi connectivity index (χ2n) is 6.77. The molecule has 1 fully saturated rings. The molecule has 6 heteroatoms. The van der Waals surface area contributed by atoms with E-state index in [0.29, 0.717) is 6.54 Å². The SMILES string of the molecule is CC[C@](C)(CNC(=O)N[C@H](C)c1ccc(SC)cc1)N1CCOCC1. The van der Waals surface area contributed by atoms with Gasteiger partial charge in [-0.1, -0.05) is 19.1 Å². The van der Waals surface area contributed by atoms with E-state index < -0.39 is 0 Å². The van der Waals surface area contributed by atoms with E-state index in [-0.39, 0.29) is 17.6 Å². The molecule has 1 aliphatic heterocycles. The molecule has 2 rings (SSSR count). The van der Waals surface area contributed by atoms with Crippen LogP contribution in [0.5, 0.6) is 0 Å². The van der Waals surface area contributed by atoms with Gasteiger partial charge in [-0.3, -0.25) is 4.90 Å². The van der Waals surface area contributed by atoms with Crippen molar-refractivity contribution in [2.75, 3.05) is 39.1 Å². The lowest BCUT2D eigenvalue weighted by Crippen LogP contribution is -2.57. The molecule has 1 heterocycles. The summed E-state index contributed by atoms with van der Waals surface area (Å²) in [5.41, 5.74) is 1.07. The lowest BCUT2D eigenvalue weighted by molar-refractivity contribution is -0.0165. The Balaban J connectivity index is 1.85. The summed E-state index contributed by atoms with van der Waals surface area (Å²) in [4.78, 5) is 16.0. The normalized spacial score (nSPS) is 19.0. The number of rotatable bonds is 7. The van der Waals surface area contributed by atoms with Crippen molar-refractivity contribution in [2.24, 2.45) is 0 Å². The zero-order chi connectivity index (χ0) is 18.3. The molecule has 0 aromatic heterocycles. The molecule has 2 atom stereocenters. The van der Waals surface area contributed by atoms with Gasteiger partial charge in [-0.25, -0.2) is 4.79 Å². The van der Waals surface area contributed by atoms with Gasteiger partial charge < -0.3 is 15.4 Å². The van der Waals surface area contributed by atoms with E-state index in [2.05, 4.69) is 59.9 Å². The van der Waals surface area contributed by atoms with Crippen molar-refractivity contribution in [3.63, 3.8) is 0 Å². The minimum absolute atomic E-state index is 0.0211. The first-order valence-corrected chi connectivity index (χ1v) is 10.2. The highest BCUT2D eigenvalue weighted by atomic mass is 32.2. The maximum Gasteiger partial charge on any atom is 0.315 e. The van der Waals surface area contributed by atoms with Gasteiger partial charge in [-0.2, -0.15) is 0 Å². The summed E-state index contributed by atoms with van der Waals surface area (Å²) in [6, 6.07) is 8.17. The fourth-order valence-corrected chi connectivity index (χ4v) is 3.47. The van der Waals surface area contributed by atoms with Crippen LogP contribution in [0, 0.1) is 0 Å². The molecule has 1 aromatic rings. The molecule has 0 aliphatic carbocycles. The Labute approximate surface area is 155 Å². The summed E-state index contributed by atoms with van der Waals surface area (Å²) in [6.45, 7) is 10.4. The number of thioether (sulfide) groups is 1. The number of amides is 2. The first-order chi connectivity index (χ1) is 12.0. The van der Waals surface area contributed by atoms with Crippen molar-refractivity contribution >= 4 is 17.8 Å². The zero-order valence-electron chi connectivity index (χ0n) is 15.8. The molecule has 140 valence electrons. The fraction of sp³-hybridized carbons (Fsp3) is 0.632. The molecular formula is C19H31N3O2S. The van der Waals surface area contributed by atoms with Crippen LogP contribution in [0.25, 0.3) is 0 Å². The Hall–Kier alpha value is -1.24. The molecule has 5 nitrogen and oxygen atoms in total. The lowest BCUT2D eigenvalue weighted by atomic mass is 9.95. The number of carbonyl (C=O) groups excluding carboxylic acids is 1. The number of hydrogen-bond acceptors (Lipinski definition) is 4. The molecule has 0 spiro atoms. The summed E-state index contributed by atoms with van der Waals surface area (Å²) in [5.74, 6) is 0. The Kier molecular flexibility index (Phi) is 7.59. The van der Waals surface area contributed by atoms with E-state index in [1.165, 1.54) is 4.90 Å². The highest BCUT2D eigenvalue weighted by molar-refractivity contribution is 7.98. The summed E-state index contributed by atoms with van der Waals surface area (Å²) in [6.07, 6.45) is 3.04. The standard InChI is InChI=1S/C19H31N3O2S/c1-5-19(3,22-10-12-24-13-11-22)14-20-18(23)21-15(2)16-6-8-17(25-4)9-7-16/h6-9,15H,5,10-14H2,1-4H3,(H2,20,21,23)/t15-,19-/m1/s1. The summed E-state index contributed by atoms with van der Waals surface area (Å²) < 4.78 is 5.44. The summed E-state index contributed by atoms with van der Waals surface area (Å²) in [7, 11) is 0. The molecule has 1 aromatic carbocycles. The van der Waals surface area contributed by atoms with Gasteiger partial charge in [0.25, 0.3) is 0 Å². The highest BCUT2D eigenvalue weighted by Gasteiger charge is 2.31. The van der Waals surface area contributed by atoms with E-state index in [1.807, 2.05) is 6.92 Å². The largest absolute Gasteiger partial charge is 0.379 e. The predicted molar refractivity (Wildman–Crippen MR) is 104 cm³/mol. The second-order valence-corrected chi connectivity index (χ2v) is 7.65. The third kappa shape index (κ3) is 5.62. The molecule has 2 amide bonds. The smallest absolute Gasteiger partial charge is 0.315 e. The van der Waals surface area contributed by atoms with Crippen molar-refractivity contribution < 1.29 is 9.53 Å². The van der Waals surface area contributed by atoms with Gasteiger partial charge in [0.2, 0.25) is 0 Å². The van der Waals surface area contributed by atoms with Gasteiger partial charge in [0.05, 0.1) is 19.3 Å². The topological polar surface area (TPSA) is 53.6 Å². The number of nitrogens with one attached hydrogen (secondary N) is 2. The van der Waals surface area contributed by atoms with Crippen LogP contribution < -0.4 is 10.6 Å². The monoisotopic (exact) mass is 365 g/mol. The maximum atomic E-state index is 12.3. The zero-order valence-corrected chi connectivity index (χ0v) is 16.6. The first-order valence-electron chi connectivity index (χ1n) is 8.99. The lowest BCUT2D eigenvalue weighted by Gasteiger charge is -2.43. The van der Waals surface area contributed by atoms with Crippen LogP contribution in [0.1, 0.15) is 38.8 Å². The van der Waals surface area contributed by atoms with Crippen LogP contribution in [0.3, 0.4) is 0 Å². The Bertz CT molecular complexity index is 546. The first kappa shape index (κ1) is 20.1. The molecule has 0 radical (unpaired) electrons. The molecule has 1 aliphatic rings. The van der Waals surface area contributed by atoms with Crippen molar-refractivity contribution in [2.45, 2.75) is 43.7 Å². The van der Waals surface area contributed by atoms with Crippen LogP contribution >= 0.6 is 11.8 Å². The minimum Gasteiger partial charge on any atom is -0.379 e. The van der Waals surface area contributed by atoms with Crippen LogP contribution in [-0.2, 0) is 4.74 Å². The fourth-order valence-electron chi connectivity index (χ4n) is 3.06. The number of ether oxygens (including phenoxy) is 1. The third-order valence-electron chi connectivity index (χ3n) is 5.13. The predicted octanol–water partition coefficient (Wildman–Crippen LogP) is 3.27. The van der Waals surface area contributed by atoms with Gasteiger partial charge in [0.1, 0.15) is 0 Å². The quantitative estimate of drug-likeness (QED) is 0.728. The van der Waals surface area contributed by atoms with Gasteiger partial charge in [0.15, 0.2) is 0 Å². The Morgan fingerprint density at radius 1 is 1.32 bits per heavy atom. The number of nitrogens with zero attached hydrogens (tertiary/aromatic N) is 1. The summed E-state index contributed by atoms with van der Waals surface area (Å²) in [5, 5.41) is 6.09. The van der Waals surface area contributed by atoms with Gasteiger partial charge in [-0.15, -0.1) is 11.8 Å². The summed E-state index contributed by atoms with van der Waals surface area (Å²) >= 11 is 1.72. The van der Waals surface area contributed by atoms with Crippen molar-refractivity contribution in [3.8, 4) is 0 Å². The minimum atomic E-state index is -0.116. The van der Waals surface area contributed by atoms with Gasteiger partial charge >= 0.3 is 6.03 Å². The Morgan fingerprint density at radius 3 is 2.52 bits per heavy atom. The van der Waals surface area contributed by atoms with E-state index in [9.17, 15) is 4.79 Å². The van der Waals surface area contributed by atoms with E-state index in [1.54, 1.807) is 11.8 Å². The molecule has 0 unspecified atom stereocenters. The van der Waals surface area contributed by atoms with Crippen molar-refractivity contribution in [1.82, 2.24) is 15.5 Å². The van der Waals surface area contributed by atoms with Crippen LogP contribution in [0.4, 0.5) is 4.79 Å². The maximum absolute atomic E-state index is 12.3. The number of carbonyl (C=O) groups is 1. The van der Waals surface area contributed by atoms with Crippen molar-refractivity contribution in [3.05, 3.63) is 29.8 Å². The average molecular weight is 366 g/mol. The molecule has 0 saturated carbocycles. The second kappa shape index (κ2) is 9.46. The number of benzene rings is 1. The van der Waals surface area contributed by atoms with Gasteiger partial charge in [0, 0.05) is 30.1 Å². The van der Waals surface area contributed by atoms with E-state index >= 15 is 0 Å². The molecule has 2 N–H and O–H groups in total. The van der Waals surface area contributed by atoms with E-state index in [0.717, 1.165) is 38.3 Å². The van der Waals surface area contributed by atoms with Crippen molar-refractivity contribution in [1.29, 1.82) is 0 Å². The third-order valence-corrected chi connectivity index (χ3v) is 5.87. The number of urea groups is 1. The van der Waals surface area contributed by atoms with Crippen LogP contribution in [0.15, 0.2) is 29.2 Å².